The monoisotopic (exact) mass is 585 g/mol. The molecule has 8 nitrogen and oxygen atoms in total. The Hall–Kier alpha value is -3.40. The highest BCUT2D eigenvalue weighted by molar-refractivity contribution is 7.92. The number of amides is 1. The van der Waals surface area contributed by atoms with Crippen molar-refractivity contribution in [1.82, 2.24) is 9.88 Å². The first-order chi connectivity index (χ1) is 18.8. The number of nitrogens with one attached hydrogen (secondary N) is 2. The molecular weight excluding hydrogens is 561 g/mol. The quantitative estimate of drug-likeness (QED) is 0.257. The molecule has 11 heteroatoms. The summed E-state index contributed by atoms with van der Waals surface area (Å²) in [6.45, 7) is 2.00. The molecule has 202 valence electrons. The third kappa shape index (κ3) is 5.26. The van der Waals surface area contributed by atoms with Gasteiger partial charge in [-0.3, -0.25) is 4.72 Å². The Balaban J connectivity index is 1.03. The van der Waals surface area contributed by atoms with Crippen molar-refractivity contribution in [2.45, 2.75) is 11.5 Å². The zero-order chi connectivity index (χ0) is 27.1. The van der Waals surface area contributed by atoms with Crippen LogP contribution in [0.2, 0.25) is 10.0 Å². The fourth-order valence-corrected chi connectivity index (χ4v) is 6.90. The predicted molar refractivity (Wildman–Crippen MR) is 150 cm³/mol. The number of fused-ring (bicyclic) bond motifs is 2. The number of H-pyrrole nitrogens is 1. The Morgan fingerprint density at radius 3 is 2.54 bits per heavy atom. The van der Waals surface area contributed by atoms with Gasteiger partial charge in [-0.15, -0.1) is 0 Å². The molecule has 1 unspecified atom stereocenters. The molecule has 1 amide bonds. The van der Waals surface area contributed by atoms with E-state index < -0.39 is 10.0 Å². The standard InChI is InChI=1S/C28H25Cl2N3O5S/c29-23-9-10-25(27-26(23)24(30)12-31-27)32-39(35,36)19-8-4-7-18(11-19)37-16-22-20-13-33(14-21(20)22)28(34)38-15-17-5-2-1-3-6-17/h1-12,20-22,31-32H,13-16H2/t20-,21+,22?. The molecule has 1 aliphatic heterocycles. The van der Waals surface area contributed by atoms with E-state index in [2.05, 4.69) is 9.71 Å². The van der Waals surface area contributed by atoms with Crippen LogP contribution in [0.3, 0.4) is 0 Å². The fraction of sp³-hybridized carbons (Fsp3) is 0.250. The second kappa shape index (κ2) is 10.3. The van der Waals surface area contributed by atoms with E-state index in [0.717, 1.165) is 5.56 Å². The molecule has 3 atom stereocenters. The fourth-order valence-electron chi connectivity index (χ4n) is 5.24. The van der Waals surface area contributed by atoms with E-state index in [1.807, 2.05) is 30.3 Å². The molecule has 2 aliphatic rings. The minimum absolute atomic E-state index is 0.0732. The zero-order valence-electron chi connectivity index (χ0n) is 20.6. The predicted octanol–water partition coefficient (Wildman–Crippen LogP) is 6.17. The van der Waals surface area contributed by atoms with Crippen molar-refractivity contribution in [3.05, 3.63) is 88.5 Å². The lowest BCUT2D eigenvalue weighted by molar-refractivity contribution is 0.0972. The second-order valence-corrected chi connectivity index (χ2v) is 12.3. The summed E-state index contributed by atoms with van der Waals surface area (Å²) in [7, 11) is -3.91. The van der Waals surface area contributed by atoms with Crippen LogP contribution in [0.25, 0.3) is 10.9 Å². The van der Waals surface area contributed by atoms with Gasteiger partial charge in [0.25, 0.3) is 10.0 Å². The number of carbonyl (C=O) groups excluding carboxylic acids is 1. The van der Waals surface area contributed by atoms with E-state index >= 15 is 0 Å². The number of aromatic nitrogens is 1. The maximum absolute atomic E-state index is 13.1. The molecule has 0 bridgehead atoms. The number of halogens is 2. The molecule has 0 spiro atoms. The smallest absolute Gasteiger partial charge is 0.410 e. The van der Waals surface area contributed by atoms with Crippen molar-refractivity contribution < 1.29 is 22.7 Å². The molecule has 1 aliphatic carbocycles. The summed E-state index contributed by atoms with van der Waals surface area (Å²) in [5.41, 5.74) is 1.79. The van der Waals surface area contributed by atoms with Gasteiger partial charge in [-0.2, -0.15) is 0 Å². The van der Waals surface area contributed by atoms with Crippen LogP contribution in [0.4, 0.5) is 10.5 Å². The molecule has 2 fully saturated rings. The van der Waals surface area contributed by atoms with Gasteiger partial charge in [0, 0.05) is 36.7 Å². The summed E-state index contributed by atoms with van der Waals surface area (Å²) in [4.78, 5) is 17.2. The molecule has 2 N–H and O–H groups in total. The van der Waals surface area contributed by atoms with Crippen molar-refractivity contribution >= 4 is 55.9 Å². The number of rotatable bonds is 8. The molecular formula is C28H25Cl2N3O5S. The van der Waals surface area contributed by atoms with E-state index in [4.69, 9.17) is 32.7 Å². The van der Waals surface area contributed by atoms with Crippen molar-refractivity contribution in [1.29, 1.82) is 0 Å². The maximum atomic E-state index is 13.1. The van der Waals surface area contributed by atoms with Crippen LogP contribution in [-0.4, -0.2) is 44.1 Å². The van der Waals surface area contributed by atoms with Gasteiger partial charge in [-0.05, 0) is 41.7 Å². The van der Waals surface area contributed by atoms with Gasteiger partial charge in [-0.1, -0.05) is 59.6 Å². The Morgan fingerprint density at radius 2 is 1.77 bits per heavy atom. The van der Waals surface area contributed by atoms with Gasteiger partial charge in [0.15, 0.2) is 0 Å². The largest absolute Gasteiger partial charge is 0.493 e. The van der Waals surface area contributed by atoms with Gasteiger partial charge < -0.3 is 19.4 Å². The zero-order valence-corrected chi connectivity index (χ0v) is 23.0. The first-order valence-corrected chi connectivity index (χ1v) is 14.7. The highest BCUT2D eigenvalue weighted by atomic mass is 35.5. The van der Waals surface area contributed by atoms with Crippen LogP contribution in [0, 0.1) is 17.8 Å². The number of hydrogen-bond acceptors (Lipinski definition) is 5. The number of carbonyl (C=O) groups is 1. The number of nitrogens with zero attached hydrogens (tertiary/aromatic N) is 1. The molecule has 1 saturated heterocycles. The summed E-state index contributed by atoms with van der Waals surface area (Å²) in [5, 5.41) is 1.38. The molecule has 1 saturated carbocycles. The summed E-state index contributed by atoms with van der Waals surface area (Å²) in [6.07, 6.45) is 1.26. The lowest BCUT2D eigenvalue weighted by Gasteiger charge is -2.19. The SMILES string of the molecule is O=C(OCc1ccccc1)N1C[C@@H]2C(COc3cccc(S(=O)(=O)Nc4ccc(Cl)c5c(Cl)c[nH]c45)c3)[C@@H]2C1. The summed E-state index contributed by atoms with van der Waals surface area (Å²) >= 11 is 12.4. The van der Waals surface area contributed by atoms with Gasteiger partial charge in [0.1, 0.15) is 12.4 Å². The van der Waals surface area contributed by atoms with E-state index in [1.165, 1.54) is 12.1 Å². The summed E-state index contributed by atoms with van der Waals surface area (Å²) in [6, 6.07) is 19.2. The van der Waals surface area contributed by atoms with Crippen molar-refractivity contribution in [2.24, 2.45) is 17.8 Å². The first-order valence-electron chi connectivity index (χ1n) is 12.5. The minimum atomic E-state index is -3.91. The molecule has 2 heterocycles. The average Bonchev–Trinajstić information content (AvgIpc) is 3.23. The highest BCUT2D eigenvalue weighted by Crippen LogP contribution is 2.52. The van der Waals surface area contributed by atoms with E-state index in [0.29, 0.717) is 69.8 Å². The second-order valence-electron chi connectivity index (χ2n) is 9.81. The molecule has 3 aromatic carbocycles. The molecule has 0 radical (unpaired) electrons. The van der Waals surface area contributed by atoms with E-state index in [1.54, 1.807) is 35.4 Å². The van der Waals surface area contributed by atoms with Gasteiger partial charge in [-0.25, -0.2) is 13.2 Å². The Bertz CT molecular complexity index is 1630. The van der Waals surface area contributed by atoms with Crippen LogP contribution >= 0.6 is 23.2 Å². The van der Waals surface area contributed by atoms with Crippen LogP contribution in [0.1, 0.15) is 5.56 Å². The Kier molecular flexibility index (Phi) is 6.82. The third-order valence-corrected chi connectivity index (χ3v) is 9.35. The van der Waals surface area contributed by atoms with Crippen molar-refractivity contribution in [3.63, 3.8) is 0 Å². The molecule has 4 aromatic rings. The number of piperidine rings is 1. The van der Waals surface area contributed by atoms with Crippen LogP contribution in [0.5, 0.6) is 5.75 Å². The van der Waals surface area contributed by atoms with E-state index in [-0.39, 0.29) is 17.6 Å². The molecule has 6 rings (SSSR count). The van der Waals surface area contributed by atoms with Crippen LogP contribution < -0.4 is 9.46 Å². The van der Waals surface area contributed by atoms with E-state index in [9.17, 15) is 13.2 Å². The summed E-state index contributed by atoms with van der Waals surface area (Å²) < 4.78 is 40.3. The first kappa shape index (κ1) is 25.9. The number of anilines is 1. The molecule has 1 aromatic heterocycles. The number of ether oxygens (including phenoxy) is 2. The number of sulfonamides is 1. The number of aromatic amines is 1. The average molecular weight is 586 g/mol. The summed E-state index contributed by atoms with van der Waals surface area (Å²) in [5.74, 6) is 1.51. The lowest BCUT2D eigenvalue weighted by atomic mass is 10.2. The van der Waals surface area contributed by atoms with Crippen molar-refractivity contribution in [3.8, 4) is 5.75 Å². The van der Waals surface area contributed by atoms with Crippen molar-refractivity contribution in [2.75, 3.05) is 24.4 Å². The number of likely N-dealkylation sites (tertiary alicyclic amines) is 1. The topological polar surface area (TPSA) is 101 Å². The normalized spacial score (nSPS) is 20.1. The molecule has 39 heavy (non-hydrogen) atoms. The Morgan fingerprint density at radius 1 is 1.00 bits per heavy atom. The minimum Gasteiger partial charge on any atom is -0.493 e. The number of hydrogen-bond donors (Lipinski definition) is 2. The third-order valence-electron chi connectivity index (χ3n) is 7.37. The van der Waals surface area contributed by atoms with Gasteiger partial charge in [0.2, 0.25) is 0 Å². The maximum Gasteiger partial charge on any atom is 0.410 e. The van der Waals surface area contributed by atoms with Crippen LogP contribution in [0.15, 0.2) is 77.8 Å². The van der Waals surface area contributed by atoms with Gasteiger partial charge >= 0.3 is 6.09 Å². The van der Waals surface area contributed by atoms with Crippen LogP contribution in [-0.2, 0) is 21.4 Å². The number of benzene rings is 3. The lowest BCUT2D eigenvalue weighted by Crippen LogP contribution is -2.32. The highest BCUT2D eigenvalue weighted by Gasteiger charge is 2.57. The van der Waals surface area contributed by atoms with Gasteiger partial charge in [0.05, 0.1) is 32.8 Å². The Labute approximate surface area is 235 Å².